The average molecular weight is 439 g/mol. The van der Waals surface area contributed by atoms with E-state index in [4.69, 9.17) is 16.6 Å². The first kappa shape index (κ1) is 19.8. The van der Waals surface area contributed by atoms with Gasteiger partial charge >= 0.3 is 0 Å². The Morgan fingerprint density at radius 2 is 1.86 bits per heavy atom. The Hall–Kier alpha value is -1.18. The fourth-order valence-corrected chi connectivity index (χ4v) is 6.52. The second kappa shape index (κ2) is 7.82. The van der Waals surface area contributed by atoms with E-state index in [1.807, 2.05) is 6.21 Å². The molecule has 2 fully saturated rings. The van der Waals surface area contributed by atoms with Gasteiger partial charge in [-0.15, -0.1) is 11.3 Å². The minimum absolute atomic E-state index is 0.00379. The number of likely N-dealkylation sites (tertiary alicyclic amines) is 1. The normalized spacial score (nSPS) is 27.7. The number of fused-ring (bicyclic) bond motifs is 3. The molecular formula is C21H25ClF2N4S. The minimum atomic E-state index is -2.47. The SMILES string of the molecule is FC1(F)CCN(C2CCC(C=Nc3nc(Cl)nc4sc5c(c34)CCC5)CC2)CC1. The first-order chi connectivity index (χ1) is 14.0. The molecule has 2 aliphatic carbocycles. The summed E-state index contributed by atoms with van der Waals surface area (Å²) in [7, 11) is 0. The van der Waals surface area contributed by atoms with Crippen molar-refractivity contribution in [3.8, 4) is 0 Å². The number of thiophene rings is 1. The highest BCUT2D eigenvalue weighted by Crippen LogP contribution is 2.41. The Balaban J connectivity index is 1.25. The van der Waals surface area contributed by atoms with Gasteiger partial charge in [-0.3, -0.25) is 4.90 Å². The van der Waals surface area contributed by atoms with E-state index in [-0.39, 0.29) is 18.1 Å². The summed E-state index contributed by atoms with van der Waals surface area (Å²) < 4.78 is 26.8. The molecule has 0 aromatic carbocycles. The molecule has 1 aliphatic heterocycles. The third-order valence-corrected chi connectivity index (χ3v) is 8.07. The van der Waals surface area contributed by atoms with Crippen molar-refractivity contribution in [3.05, 3.63) is 15.7 Å². The molecule has 0 unspecified atom stereocenters. The van der Waals surface area contributed by atoms with Gasteiger partial charge in [-0.05, 0) is 68.0 Å². The van der Waals surface area contributed by atoms with Crippen LogP contribution >= 0.6 is 22.9 Å². The largest absolute Gasteiger partial charge is 0.300 e. The summed E-state index contributed by atoms with van der Waals surface area (Å²) in [4.78, 5) is 18.2. The third kappa shape index (κ3) is 4.06. The van der Waals surface area contributed by atoms with Crippen LogP contribution in [0.15, 0.2) is 4.99 Å². The molecule has 5 rings (SSSR count). The molecule has 4 nitrogen and oxygen atoms in total. The van der Waals surface area contributed by atoms with Crippen molar-refractivity contribution in [3.63, 3.8) is 0 Å². The van der Waals surface area contributed by atoms with Crippen LogP contribution in [0.4, 0.5) is 14.6 Å². The van der Waals surface area contributed by atoms with Crippen molar-refractivity contribution in [2.24, 2.45) is 10.9 Å². The van der Waals surface area contributed by atoms with Crippen molar-refractivity contribution in [1.82, 2.24) is 14.9 Å². The van der Waals surface area contributed by atoms with Gasteiger partial charge in [-0.25, -0.2) is 18.8 Å². The molecule has 3 heterocycles. The number of piperidine rings is 1. The first-order valence-electron chi connectivity index (χ1n) is 10.6. The molecule has 1 saturated carbocycles. The van der Waals surface area contributed by atoms with E-state index in [1.54, 1.807) is 11.3 Å². The molecule has 0 N–H and O–H groups in total. The average Bonchev–Trinajstić information content (AvgIpc) is 3.27. The number of rotatable bonds is 3. The highest BCUT2D eigenvalue weighted by molar-refractivity contribution is 7.19. The molecule has 0 amide bonds. The molecule has 8 heteroatoms. The van der Waals surface area contributed by atoms with Gasteiger partial charge in [-0.2, -0.15) is 4.98 Å². The Labute approximate surface area is 178 Å². The van der Waals surface area contributed by atoms with Gasteiger partial charge in [0.25, 0.3) is 5.92 Å². The van der Waals surface area contributed by atoms with Crippen LogP contribution in [-0.2, 0) is 12.8 Å². The van der Waals surface area contributed by atoms with E-state index in [1.165, 1.54) is 16.9 Å². The second-order valence-corrected chi connectivity index (χ2v) is 10.0. The van der Waals surface area contributed by atoms with E-state index in [0.717, 1.165) is 48.7 Å². The van der Waals surface area contributed by atoms with Crippen LogP contribution in [0.25, 0.3) is 10.2 Å². The minimum Gasteiger partial charge on any atom is -0.300 e. The van der Waals surface area contributed by atoms with Crippen LogP contribution in [0.1, 0.15) is 55.4 Å². The van der Waals surface area contributed by atoms with Gasteiger partial charge in [0.1, 0.15) is 4.83 Å². The Morgan fingerprint density at radius 3 is 2.62 bits per heavy atom. The number of hydrogen-bond acceptors (Lipinski definition) is 5. The highest BCUT2D eigenvalue weighted by Gasteiger charge is 2.37. The zero-order valence-corrected chi connectivity index (χ0v) is 17.9. The summed E-state index contributed by atoms with van der Waals surface area (Å²) in [5.41, 5.74) is 1.36. The standard InChI is InChI=1S/C21H25ClF2N4S/c22-20-26-18(17-15-2-1-3-16(15)29-19(17)27-20)25-12-13-4-6-14(7-5-13)28-10-8-21(23,24)9-11-28/h12-14H,1-11H2. The summed E-state index contributed by atoms with van der Waals surface area (Å²) in [6.07, 6.45) is 9.62. The topological polar surface area (TPSA) is 41.4 Å². The highest BCUT2D eigenvalue weighted by atomic mass is 35.5. The Morgan fingerprint density at radius 1 is 1.10 bits per heavy atom. The van der Waals surface area contributed by atoms with Crippen LogP contribution in [0.2, 0.25) is 5.28 Å². The number of aryl methyl sites for hydroxylation is 2. The molecule has 29 heavy (non-hydrogen) atoms. The van der Waals surface area contributed by atoms with Crippen LogP contribution in [0.3, 0.4) is 0 Å². The molecule has 1 saturated heterocycles. The van der Waals surface area contributed by atoms with E-state index < -0.39 is 5.92 Å². The van der Waals surface area contributed by atoms with Crippen LogP contribution in [0, 0.1) is 5.92 Å². The fraction of sp³-hybridized carbons (Fsp3) is 0.667. The molecule has 0 atom stereocenters. The Bertz CT molecular complexity index is 926. The van der Waals surface area contributed by atoms with E-state index in [2.05, 4.69) is 14.9 Å². The van der Waals surface area contributed by atoms with Crippen molar-refractivity contribution in [2.45, 2.75) is 69.8 Å². The van der Waals surface area contributed by atoms with Crippen LogP contribution in [0.5, 0.6) is 0 Å². The number of aliphatic imine (C=N–C) groups is 1. The molecule has 0 radical (unpaired) electrons. The zero-order chi connectivity index (χ0) is 20.0. The van der Waals surface area contributed by atoms with Crippen molar-refractivity contribution >= 4 is 45.2 Å². The number of nitrogens with zero attached hydrogens (tertiary/aromatic N) is 4. The molecule has 2 aromatic rings. The maximum absolute atomic E-state index is 13.4. The van der Waals surface area contributed by atoms with Crippen molar-refractivity contribution in [1.29, 1.82) is 0 Å². The number of alkyl halides is 2. The number of hydrogen-bond donors (Lipinski definition) is 0. The second-order valence-electron chi connectivity index (χ2n) is 8.59. The van der Waals surface area contributed by atoms with Crippen molar-refractivity contribution in [2.75, 3.05) is 13.1 Å². The molecule has 0 bridgehead atoms. The predicted molar refractivity (Wildman–Crippen MR) is 114 cm³/mol. The molecule has 156 valence electrons. The maximum atomic E-state index is 13.4. The smallest absolute Gasteiger partial charge is 0.250 e. The van der Waals surface area contributed by atoms with Crippen LogP contribution in [-0.4, -0.2) is 46.1 Å². The van der Waals surface area contributed by atoms with Gasteiger partial charge in [-0.1, -0.05) is 0 Å². The third-order valence-electron chi connectivity index (χ3n) is 6.71. The summed E-state index contributed by atoms with van der Waals surface area (Å²) in [6.45, 7) is 1.05. The lowest BCUT2D eigenvalue weighted by molar-refractivity contribution is -0.0660. The summed E-state index contributed by atoms with van der Waals surface area (Å²) >= 11 is 7.87. The lowest BCUT2D eigenvalue weighted by Crippen LogP contribution is -2.46. The monoisotopic (exact) mass is 438 g/mol. The van der Waals surface area contributed by atoms with Crippen LogP contribution < -0.4 is 0 Å². The molecule has 2 aromatic heterocycles. The Kier molecular flexibility index (Phi) is 5.33. The quantitative estimate of drug-likeness (QED) is 0.447. The predicted octanol–water partition coefficient (Wildman–Crippen LogP) is 5.83. The molecule has 0 spiro atoms. The fourth-order valence-electron chi connectivity index (χ4n) is 5.05. The first-order valence-corrected chi connectivity index (χ1v) is 11.8. The summed E-state index contributed by atoms with van der Waals surface area (Å²) in [5.74, 6) is -1.35. The number of halogens is 3. The maximum Gasteiger partial charge on any atom is 0.250 e. The zero-order valence-electron chi connectivity index (χ0n) is 16.3. The van der Waals surface area contributed by atoms with E-state index in [0.29, 0.717) is 30.9 Å². The van der Waals surface area contributed by atoms with Gasteiger partial charge in [0.15, 0.2) is 5.82 Å². The molecular weight excluding hydrogens is 414 g/mol. The molecule has 3 aliphatic rings. The van der Waals surface area contributed by atoms with Gasteiger partial charge in [0.2, 0.25) is 5.28 Å². The van der Waals surface area contributed by atoms with E-state index in [9.17, 15) is 8.78 Å². The number of aromatic nitrogens is 2. The van der Waals surface area contributed by atoms with E-state index >= 15 is 0 Å². The van der Waals surface area contributed by atoms with Gasteiger partial charge in [0.05, 0.1) is 5.39 Å². The van der Waals surface area contributed by atoms with Gasteiger partial charge in [0, 0.05) is 43.1 Å². The summed E-state index contributed by atoms with van der Waals surface area (Å²) in [5, 5.41) is 1.35. The summed E-state index contributed by atoms with van der Waals surface area (Å²) in [6, 6.07) is 0.441. The van der Waals surface area contributed by atoms with Crippen molar-refractivity contribution < 1.29 is 8.78 Å². The lowest BCUT2D eigenvalue weighted by Gasteiger charge is -2.40. The van der Waals surface area contributed by atoms with Gasteiger partial charge < -0.3 is 0 Å². The lowest BCUT2D eigenvalue weighted by atomic mass is 9.85.